The summed E-state index contributed by atoms with van der Waals surface area (Å²) in [5.41, 5.74) is 1.64. The van der Waals surface area contributed by atoms with E-state index in [0.29, 0.717) is 12.2 Å². The van der Waals surface area contributed by atoms with Gasteiger partial charge in [0.1, 0.15) is 41.8 Å². The zero-order valence-electron chi connectivity index (χ0n) is 21.8. The van der Waals surface area contributed by atoms with Gasteiger partial charge < -0.3 is 14.2 Å². The summed E-state index contributed by atoms with van der Waals surface area (Å²) in [6.45, 7) is 6.03. The van der Waals surface area contributed by atoms with Crippen LogP contribution in [0.5, 0.6) is 11.5 Å². The second-order valence-electron chi connectivity index (χ2n) is 9.30. The number of carbonyl (C=O) groups is 2. The molecular weight excluding hydrogens is 492 g/mol. The summed E-state index contributed by atoms with van der Waals surface area (Å²) < 4.78 is 43.3. The van der Waals surface area contributed by atoms with Gasteiger partial charge in [-0.1, -0.05) is 56.3 Å². The number of hydrogen-bond donors (Lipinski definition) is 1. The first-order valence-corrected chi connectivity index (χ1v) is 12.6. The lowest BCUT2D eigenvalue weighted by Crippen LogP contribution is -2.50. The van der Waals surface area contributed by atoms with Crippen LogP contribution in [0.4, 0.5) is 8.78 Å². The fourth-order valence-corrected chi connectivity index (χ4v) is 3.88. The molecule has 8 heteroatoms. The second-order valence-corrected chi connectivity index (χ2v) is 9.30. The van der Waals surface area contributed by atoms with Crippen LogP contribution in [0.2, 0.25) is 0 Å². The second kappa shape index (κ2) is 14.2. The molecule has 0 saturated carbocycles. The maximum atomic E-state index is 13.4. The van der Waals surface area contributed by atoms with Crippen LogP contribution in [0, 0.1) is 17.6 Å². The molecule has 3 aromatic carbocycles. The van der Waals surface area contributed by atoms with Crippen molar-refractivity contribution >= 4 is 11.9 Å². The molecule has 1 N–H and O–H groups in total. The lowest BCUT2D eigenvalue weighted by atomic mass is 10.0. The third kappa shape index (κ3) is 9.27. The Kier molecular flexibility index (Phi) is 10.8. The molecule has 0 fully saturated rings. The smallest absolute Gasteiger partial charge is 0.323 e. The number of carbonyl (C=O) groups excluding carboxylic acids is 2. The van der Waals surface area contributed by atoms with Gasteiger partial charge in [-0.05, 0) is 48.9 Å². The van der Waals surface area contributed by atoms with E-state index in [-0.39, 0.29) is 31.3 Å². The number of ether oxygens (including phenoxy) is 3. The summed E-state index contributed by atoms with van der Waals surface area (Å²) in [5.74, 6) is -1.82. The zero-order chi connectivity index (χ0) is 27.5. The molecule has 0 spiro atoms. The van der Waals surface area contributed by atoms with E-state index in [1.807, 2.05) is 44.2 Å². The highest BCUT2D eigenvalue weighted by molar-refractivity contribution is 5.80. The Balaban J connectivity index is 1.70. The Labute approximate surface area is 221 Å². The Hall–Kier alpha value is -3.78. The number of hydrogen-bond acceptors (Lipinski definition) is 6. The van der Waals surface area contributed by atoms with Crippen LogP contribution in [0.25, 0.3) is 0 Å². The van der Waals surface area contributed by atoms with Crippen molar-refractivity contribution in [1.82, 2.24) is 5.32 Å². The van der Waals surface area contributed by atoms with Gasteiger partial charge in [0.25, 0.3) is 0 Å². The number of esters is 2. The average Bonchev–Trinajstić information content (AvgIpc) is 2.87. The number of halogens is 2. The van der Waals surface area contributed by atoms with E-state index in [1.165, 1.54) is 0 Å². The maximum absolute atomic E-state index is 13.4. The fourth-order valence-electron chi connectivity index (χ4n) is 3.88. The Morgan fingerprint density at radius 2 is 1.42 bits per heavy atom. The summed E-state index contributed by atoms with van der Waals surface area (Å²) in [5, 5.41) is 3.16. The van der Waals surface area contributed by atoms with Gasteiger partial charge in [-0.3, -0.25) is 14.9 Å². The number of rotatable bonds is 13. The molecule has 2 unspecified atom stereocenters. The molecule has 0 saturated heterocycles. The van der Waals surface area contributed by atoms with Crippen molar-refractivity contribution < 1.29 is 32.6 Å². The summed E-state index contributed by atoms with van der Waals surface area (Å²) in [6.07, 6.45) is 0.717. The lowest BCUT2D eigenvalue weighted by molar-refractivity contribution is -0.150. The largest absolute Gasteiger partial charge is 0.465 e. The predicted molar refractivity (Wildman–Crippen MR) is 140 cm³/mol. The monoisotopic (exact) mass is 525 g/mol. The first-order chi connectivity index (χ1) is 18.2. The van der Waals surface area contributed by atoms with Crippen molar-refractivity contribution in [3.63, 3.8) is 0 Å². The summed E-state index contributed by atoms with van der Waals surface area (Å²) >= 11 is 0. The van der Waals surface area contributed by atoms with Crippen molar-refractivity contribution in [3.05, 3.63) is 95.6 Å². The SMILES string of the molecule is CCOC(=O)C(Cc1ccc(Oc2cc(F)cc(F)c2)cc1)NC(CC(C)C)C(=O)OCc1ccccc1. The third-order valence-corrected chi connectivity index (χ3v) is 5.62. The first kappa shape index (κ1) is 28.8. The highest BCUT2D eigenvalue weighted by Crippen LogP contribution is 2.24. The van der Waals surface area contributed by atoms with E-state index in [4.69, 9.17) is 14.2 Å². The van der Waals surface area contributed by atoms with E-state index < -0.39 is 35.7 Å². The van der Waals surface area contributed by atoms with Gasteiger partial charge in [0.2, 0.25) is 0 Å². The summed E-state index contributed by atoms with van der Waals surface area (Å²) in [4.78, 5) is 25.8. The third-order valence-electron chi connectivity index (χ3n) is 5.62. The molecular formula is C30H33F2NO5. The van der Waals surface area contributed by atoms with Crippen molar-refractivity contribution in [3.8, 4) is 11.5 Å². The predicted octanol–water partition coefficient (Wildman–Crippen LogP) is 5.98. The van der Waals surface area contributed by atoms with Crippen molar-refractivity contribution in [2.75, 3.05) is 6.61 Å². The van der Waals surface area contributed by atoms with E-state index in [2.05, 4.69) is 5.32 Å². The van der Waals surface area contributed by atoms with Crippen LogP contribution >= 0.6 is 0 Å². The average molecular weight is 526 g/mol. The van der Waals surface area contributed by atoms with Gasteiger partial charge in [0.05, 0.1) is 6.61 Å². The van der Waals surface area contributed by atoms with Gasteiger partial charge >= 0.3 is 11.9 Å². The number of benzene rings is 3. The fraction of sp³-hybridized carbons (Fsp3) is 0.333. The van der Waals surface area contributed by atoms with Crippen LogP contribution in [0.3, 0.4) is 0 Å². The van der Waals surface area contributed by atoms with Crippen LogP contribution in [-0.4, -0.2) is 30.6 Å². The van der Waals surface area contributed by atoms with Gasteiger partial charge in [-0.2, -0.15) is 0 Å². The van der Waals surface area contributed by atoms with E-state index in [0.717, 1.165) is 29.3 Å². The van der Waals surface area contributed by atoms with Gasteiger partial charge in [0, 0.05) is 18.2 Å². The minimum Gasteiger partial charge on any atom is -0.465 e. The zero-order valence-corrected chi connectivity index (χ0v) is 21.8. The summed E-state index contributed by atoms with van der Waals surface area (Å²) in [7, 11) is 0. The molecule has 2 atom stereocenters. The molecule has 38 heavy (non-hydrogen) atoms. The van der Waals surface area contributed by atoms with E-state index >= 15 is 0 Å². The molecule has 0 heterocycles. The first-order valence-electron chi connectivity index (χ1n) is 12.6. The Bertz CT molecular complexity index is 1160. The number of nitrogens with one attached hydrogen (secondary N) is 1. The van der Waals surface area contributed by atoms with Crippen LogP contribution < -0.4 is 10.1 Å². The molecule has 3 aromatic rings. The highest BCUT2D eigenvalue weighted by Gasteiger charge is 2.29. The molecule has 0 aliphatic rings. The van der Waals surface area contributed by atoms with Crippen LogP contribution in [-0.2, 0) is 32.1 Å². The maximum Gasteiger partial charge on any atom is 0.323 e. The minimum atomic E-state index is -0.799. The standard InChI is InChI=1S/C30H33F2NO5/c1-4-36-29(34)28(33-27(14-20(2)3)30(35)37-19-22-8-6-5-7-9-22)15-21-10-12-25(13-11-21)38-26-17-23(31)16-24(32)18-26/h5-13,16-18,20,27-28,33H,4,14-15,19H2,1-3H3. The minimum absolute atomic E-state index is 0.0341. The van der Waals surface area contributed by atoms with Crippen LogP contribution in [0.1, 0.15) is 38.3 Å². The molecule has 0 aliphatic carbocycles. The molecule has 0 bridgehead atoms. The topological polar surface area (TPSA) is 73.9 Å². The van der Waals surface area contributed by atoms with Crippen molar-refractivity contribution in [2.24, 2.45) is 5.92 Å². The molecule has 0 radical (unpaired) electrons. The quantitative estimate of drug-likeness (QED) is 0.277. The lowest BCUT2D eigenvalue weighted by Gasteiger charge is -2.25. The molecule has 0 aliphatic heterocycles. The Morgan fingerprint density at radius 3 is 2.03 bits per heavy atom. The van der Waals surface area contributed by atoms with E-state index in [9.17, 15) is 18.4 Å². The molecule has 0 amide bonds. The Morgan fingerprint density at radius 1 is 0.789 bits per heavy atom. The van der Waals surface area contributed by atoms with Gasteiger partial charge in [-0.25, -0.2) is 8.78 Å². The van der Waals surface area contributed by atoms with Crippen molar-refractivity contribution in [2.45, 2.75) is 52.3 Å². The summed E-state index contributed by atoms with van der Waals surface area (Å²) in [6, 6.07) is 17.6. The molecule has 6 nitrogen and oxygen atoms in total. The molecule has 0 aromatic heterocycles. The molecule has 3 rings (SSSR count). The van der Waals surface area contributed by atoms with Gasteiger partial charge in [0.15, 0.2) is 0 Å². The highest BCUT2D eigenvalue weighted by atomic mass is 19.1. The van der Waals surface area contributed by atoms with E-state index in [1.54, 1.807) is 31.2 Å². The van der Waals surface area contributed by atoms with Gasteiger partial charge in [-0.15, -0.1) is 0 Å². The molecule has 202 valence electrons. The normalized spacial score (nSPS) is 12.6. The van der Waals surface area contributed by atoms with Crippen molar-refractivity contribution in [1.29, 1.82) is 0 Å². The van der Waals surface area contributed by atoms with Crippen LogP contribution in [0.15, 0.2) is 72.8 Å².